The Labute approximate surface area is 159 Å². The lowest BCUT2D eigenvalue weighted by Gasteiger charge is -2.01. The van der Waals surface area contributed by atoms with Gasteiger partial charge in [-0.2, -0.15) is 10.1 Å². The Bertz CT molecular complexity index is 1160. The van der Waals surface area contributed by atoms with E-state index in [4.69, 9.17) is 10.3 Å². The maximum absolute atomic E-state index is 14.3. The van der Waals surface area contributed by atoms with Gasteiger partial charge in [-0.05, 0) is 31.5 Å². The van der Waals surface area contributed by atoms with Crippen LogP contribution in [-0.4, -0.2) is 35.6 Å². The number of nitrogens with zero attached hydrogens (tertiary/aromatic N) is 7. The quantitative estimate of drug-likeness (QED) is 0.532. The van der Waals surface area contributed by atoms with E-state index in [0.29, 0.717) is 18.0 Å². The van der Waals surface area contributed by atoms with Crippen molar-refractivity contribution in [2.24, 2.45) is 5.10 Å². The third-order valence-corrected chi connectivity index (χ3v) is 4.09. The molecular formula is C18H17FN8O. The molecule has 0 saturated carbocycles. The van der Waals surface area contributed by atoms with Gasteiger partial charge in [-0.25, -0.2) is 19.0 Å². The summed E-state index contributed by atoms with van der Waals surface area (Å²) in [6.07, 6.45) is 6.74. The van der Waals surface area contributed by atoms with Crippen LogP contribution in [0.5, 0.6) is 0 Å². The van der Waals surface area contributed by atoms with Crippen LogP contribution in [0.1, 0.15) is 23.0 Å². The average Bonchev–Trinajstić information content (AvgIpc) is 3.36. The van der Waals surface area contributed by atoms with Gasteiger partial charge < -0.3 is 14.8 Å². The maximum atomic E-state index is 14.3. The number of aromatic nitrogens is 6. The molecule has 1 aromatic carbocycles. The molecule has 142 valence electrons. The second-order valence-electron chi connectivity index (χ2n) is 6.18. The number of hydrogen-bond donors (Lipinski definition) is 1. The molecule has 0 aliphatic rings. The van der Waals surface area contributed by atoms with Crippen molar-refractivity contribution in [3.05, 3.63) is 65.6 Å². The van der Waals surface area contributed by atoms with E-state index in [2.05, 4.69) is 25.2 Å². The summed E-state index contributed by atoms with van der Waals surface area (Å²) in [6, 6.07) is 4.52. The highest BCUT2D eigenvalue weighted by atomic mass is 19.1. The fraction of sp³-hybridized carbons (Fsp3) is 0.167. The van der Waals surface area contributed by atoms with E-state index in [0.717, 1.165) is 11.5 Å². The standard InChI is InChI=1S/C18H17FN8O/c1-11-9-27(18(20)23-11)22-8-13-3-4-15(19)14(7-13)17-24-16(28-25-17)10-26-6-5-21-12(26)2/h3-9H,10H2,1-2H3,(H2,20,23). The van der Waals surface area contributed by atoms with Crippen LogP contribution in [0.2, 0.25) is 0 Å². The molecule has 9 nitrogen and oxygen atoms in total. The Hall–Kier alpha value is -3.82. The zero-order valence-electron chi connectivity index (χ0n) is 15.2. The molecule has 10 heteroatoms. The summed E-state index contributed by atoms with van der Waals surface area (Å²) >= 11 is 0. The van der Waals surface area contributed by atoms with E-state index in [-0.39, 0.29) is 17.3 Å². The summed E-state index contributed by atoms with van der Waals surface area (Å²) in [6.45, 7) is 4.05. The van der Waals surface area contributed by atoms with Crippen LogP contribution in [0.4, 0.5) is 10.3 Å². The summed E-state index contributed by atoms with van der Waals surface area (Å²) in [4.78, 5) is 12.5. The third-order valence-electron chi connectivity index (χ3n) is 4.09. The van der Waals surface area contributed by atoms with Crippen molar-refractivity contribution >= 4 is 12.2 Å². The molecule has 0 saturated heterocycles. The molecule has 0 spiro atoms. The number of nitrogens with two attached hydrogens (primary N) is 1. The molecule has 0 amide bonds. The van der Waals surface area contributed by atoms with Crippen LogP contribution in [0, 0.1) is 19.7 Å². The van der Waals surface area contributed by atoms with Crippen LogP contribution in [0.25, 0.3) is 11.4 Å². The SMILES string of the molecule is Cc1cn(N=Cc2ccc(F)c(-c3noc(Cn4ccnc4C)n3)c2)c(N)n1. The van der Waals surface area contributed by atoms with Crippen molar-refractivity contribution < 1.29 is 8.91 Å². The molecule has 0 aliphatic heterocycles. The van der Waals surface area contributed by atoms with Gasteiger partial charge in [0.15, 0.2) is 0 Å². The second-order valence-corrected chi connectivity index (χ2v) is 6.18. The fourth-order valence-electron chi connectivity index (χ4n) is 2.66. The van der Waals surface area contributed by atoms with Gasteiger partial charge in [0.25, 0.3) is 0 Å². The van der Waals surface area contributed by atoms with E-state index in [1.807, 2.05) is 18.4 Å². The smallest absolute Gasteiger partial charge is 0.246 e. The van der Waals surface area contributed by atoms with Gasteiger partial charge in [0.1, 0.15) is 18.2 Å². The maximum Gasteiger partial charge on any atom is 0.246 e. The first-order valence-electron chi connectivity index (χ1n) is 8.45. The Balaban J connectivity index is 1.59. The number of rotatable bonds is 5. The summed E-state index contributed by atoms with van der Waals surface area (Å²) in [5.41, 5.74) is 7.38. The number of benzene rings is 1. The molecule has 2 N–H and O–H groups in total. The van der Waals surface area contributed by atoms with Crippen LogP contribution in [-0.2, 0) is 6.54 Å². The number of anilines is 1. The molecule has 0 aliphatic carbocycles. The lowest BCUT2D eigenvalue weighted by Crippen LogP contribution is -2.01. The zero-order valence-corrected chi connectivity index (χ0v) is 15.2. The van der Waals surface area contributed by atoms with Crippen LogP contribution in [0.15, 0.2) is 46.4 Å². The molecule has 0 radical (unpaired) electrons. The first-order valence-corrected chi connectivity index (χ1v) is 8.45. The van der Waals surface area contributed by atoms with E-state index in [1.165, 1.54) is 10.7 Å². The Kier molecular flexibility index (Phi) is 4.44. The number of nitrogen functional groups attached to an aromatic ring is 1. The topological polar surface area (TPSA) is 113 Å². The fourth-order valence-corrected chi connectivity index (χ4v) is 2.66. The molecule has 0 fully saturated rings. The molecule has 4 aromatic rings. The van der Waals surface area contributed by atoms with E-state index in [1.54, 1.807) is 36.9 Å². The van der Waals surface area contributed by atoms with E-state index in [9.17, 15) is 4.39 Å². The highest BCUT2D eigenvalue weighted by Gasteiger charge is 2.14. The minimum Gasteiger partial charge on any atom is -0.368 e. The lowest BCUT2D eigenvalue weighted by molar-refractivity contribution is 0.370. The first-order chi connectivity index (χ1) is 13.5. The Morgan fingerprint density at radius 3 is 2.86 bits per heavy atom. The van der Waals surface area contributed by atoms with Gasteiger partial charge in [-0.1, -0.05) is 11.2 Å². The largest absolute Gasteiger partial charge is 0.368 e. The van der Waals surface area contributed by atoms with Crippen molar-refractivity contribution in [1.29, 1.82) is 0 Å². The first kappa shape index (κ1) is 17.6. The van der Waals surface area contributed by atoms with Crippen molar-refractivity contribution in [2.75, 3.05) is 5.73 Å². The molecule has 3 heterocycles. The predicted molar refractivity (Wildman–Crippen MR) is 100 cm³/mol. The number of hydrogen-bond acceptors (Lipinski definition) is 7. The number of imidazole rings is 2. The molecule has 0 bridgehead atoms. The van der Waals surface area contributed by atoms with Crippen molar-refractivity contribution in [3.8, 4) is 11.4 Å². The Morgan fingerprint density at radius 1 is 1.29 bits per heavy atom. The van der Waals surface area contributed by atoms with Gasteiger partial charge in [-0.15, -0.1) is 0 Å². The summed E-state index contributed by atoms with van der Waals surface area (Å²) in [7, 11) is 0. The third kappa shape index (κ3) is 3.52. The highest BCUT2D eigenvalue weighted by molar-refractivity contribution is 5.82. The van der Waals surface area contributed by atoms with Gasteiger partial charge in [-0.3, -0.25) is 0 Å². The minimum absolute atomic E-state index is 0.165. The second kappa shape index (κ2) is 7.06. The normalized spacial score (nSPS) is 11.5. The molecule has 0 unspecified atom stereocenters. The zero-order chi connectivity index (χ0) is 19.7. The number of aryl methyl sites for hydroxylation is 2. The van der Waals surface area contributed by atoms with Crippen molar-refractivity contribution in [1.82, 2.24) is 29.4 Å². The van der Waals surface area contributed by atoms with Crippen LogP contribution >= 0.6 is 0 Å². The molecule has 0 atom stereocenters. The summed E-state index contributed by atoms with van der Waals surface area (Å²) < 4.78 is 22.9. The monoisotopic (exact) mass is 380 g/mol. The summed E-state index contributed by atoms with van der Waals surface area (Å²) in [5.74, 6) is 1.16. The highest BCUT2D eigenvalue weighted by Crippen LogP contribution is 2.21. The minimum atomic E-state index is -0.457. The van der Waals surface area contributed by atoms with E-state index < -0.39 is 5.82 Å². The lowest BCUT2D eigenvalue weighted by atomic mass is 10.1. The average molecular weight is 380 g/mol. The van der Waals surface area contributed by atoms with Gasteiger partial charge >= 0.3 is 0 Å². The van der Waals surface area contributed by atoms with Gasteiger partial charge in [0.05, 0.1) is 23.7 Å². The molecular weight excluding hydrogens is 363 g/mol. The van der Waals surface area contributed by atoms with Crippen molar-refractivity contribution in [2.45, 2.75) is 20.4 Å². The number of halogens is 1. The Morgan fingerprint density at radius 2 is 2.14 bits per heavy atom. The predicted octanol–water partition coefficient (Wildman–Crippen LogP) is 2.40. The van der Waals surface area contributed by atoms with Crippen LogP contribution in [0.3, 0.4) is 0 Å². The summed E-state index contributed by atoms with van der Waals surface area (Å²) in [5, 5.41) is 8.13. The molecule has 3 aromatic heterocycles. The van der Waals surface area contributed by atoms with Crippen molar-refractivity contribution in [3.63, 3.8) is 0 Å². The van der Waals surface area contributed by atoms with Crippen LogP contribution < -0.4 is 5.73 Å². The molecule has 4 rings (SSSR count). The van der Waals surface area contributed by atoms with Gasteiger partial charge in [0.2, 0.25) is 17.7 Å². The van der Waals surface area contributed by atoms with E-state index >= 15 is 0 Å². The van der Waals surface area contributed by atoms with Gasteiger partial charge in [0, 0.05) is 12.4 Å². The molecule has 28 heavy (non-hydrogen) atoms.